The summed E-state index contributed by atoms with van der Waals surface area (Å²) in [5, 5.41) is 6.05. The number of nitrogens with zero attached hydrogens (tertiary/aromatic N) is 1. The first kappa shape index (κ1) is 13.6. The lowest BCUT2D eigenvalue weighted by Crippen LogP contribution is -2.16. The number of amides is 1. The summed E-state index contributed by atoms with van der Waals surface area (Å²) in [6.45, 7) is 2.82. The summed E-state index contributed by atoms with van der Waals surface area (Å²) in [6.07, 6.45) is 0. The highest BCUT2D eigenvalue weighted by Gasteiger charge is 2.07. The standard InChI is InChI=1S/C13H14FN3OS/c1-8-17-11(7-19-8)6-16-5-10-4-9(13(15)18)2-3-12(10)14/h2-4,7,16H,5-6H2,1H3,(H2,15,18). The predicted molar refractivity (Wildman–Crippen MR) is 72.3 cm³/mol. The number of nitrogens with one attached hydrogen (secondary N) is 1. The molecule has 1 aromatic heterocycles. The van der Waals surface area contributed by atoms with E-state index in [-0.39, 0.29) is 5.82 Å². The molecular formula is C13H14FN3OS. The molecule has 4 nitrogen and oxygen atoms in total. The zero-order valence-electron chi connectivity index (χ0n) is 10.4. The summed E-state index contributed by atoms with van der Waals surface area (Å²) >= 11 is 1.57. The van der Waals surface area contributed by atoms with Crippen LogP contribution in [0.2, 0.25) is 0 Å². The SMILES string of the molecule is Cc1nc(CNCc2cc(C(N)=O)ccc2F)cs1. The smallest absolute Gasteiger partial charge is 0.248 e. The van der Waals surface area contributed by atoms with E-state index in [0.29, 0.717) is 24.2 Å². The van der Waals surface area contributed by atoms with Crippen LogP contribution >= 0.6 is 11.3 Å². The molecule has 0 saturated carbocycles. The molecule has 1 aromatic carbocycles. The molecule has 0 bridgehead atoms. The molecule has 19 heavy (non-hydrogen) atoms. The maximum Gasteiger partial charge on any atom is 0.248 e. The fraction of sp³-hybridized carbons (Fsp3) is 0.231. The predicted octanol–water partition coefficient (Wildman–Crippen LogP) is 1.98. The van der Waals surface area contributed by atoms with Crippen molar-refractivity contribution in [1.29, 1.82) is 0 Å². The molecule has 0 saturated heterocycles. The van der Waals surface area contributed by atoms with Gasteiger partial charge in [-0.1, -0.05) is 0 Å². The Morgan fingerprint density at radius 3 is 2.89 bits per heavy atom. The van der Waals surface area contributed by atoms with Crippen molar-refractivity contribution in [3.05, 3.63) is 51.2 Å². The number of benzene rings is 1. The molecule has 6 heteroatoms. The van der Waals surface area contributed by atoms with Crippen LogP contribution in [0.25, 0.3) is 0 Å². The van der Waals surface area contributed by atoms with E-state index in [1.807, 2.05) is 12.3 Å². The van der Waals surface area contributed by atoms with Crippen molar-refractivity contribution in [1.82, 2.24) is 10.3 Å². The number of nitrogens with two attached hydrogens (primary N) is 1. The first-order valence-corrected chi connectivity index (χ1v) is 6.64. The molecule has 0 fully saturated rings. The number of halogens is 1. The van der Waals surface area contributed by atoms with Gasteiger partial charge in [-0.3, -0.25) is 4.79 Å². The van der Waals surface area contributed by atoms with Gasteiger partial charge in [-0.2, -0.15) is 0 Å². The Morgan fingerprint density at radius 1 is 1.47 bits per heavy atom. The molecule has 0 aliphatic rings. The molecule has 0 radical (unpaired) electrons. The van der Waals surface area contributed by atoms with Gasteiger partial charge in [-0.25, -0.2) is 9.37 Å². The number of rotatable bonds is 5. The average molecular weight is 279 g/mol. The minimum atomic E-state index is -0.559. The van der Waals surface area contributed by atoms with E-state index in [2.05, 4.69) is 10.3 Å². The maximum atomic E-state index is 13.6. The highest BCUT2D eigenvalue weighted by molar-refractivity contribution is 7.09. The zero-order chi connectivity index (χ0) is 13.8. The monoisotopic (exact) mass is 279 g/mol. The van der Waals surface area contributed by atoms with Gasteiger partial charge in [0.25, 0.3) is 0 Å². The number of carbonyl (C=O) groups is 1. The Balaban J connectivity index is 1.99. The Hall–Kier alpha value is -1.79. The topological polar surface area (TPSA) is 68.0 Å². The third kappa shape index (κ3) is 3.59. The van der Waals surface area contributed by atoms with E-state index in [4.69, 9.17) is 5.73 Å². The third-order valence-corrected chi connectivity index (χ3v) is 3.44. The van der Waals surface area contributed by atoms with Crippen LogP contribution in [-0.2, 0) is 13.1 Å². The molecule has 1 amide bonds. The lowest BCUT2D eigenvalue weighted by molar-refractivity contribution is 0.1000. The average Bonchev–Trinajstić information content (AvgIpc) is 2.77. The summed E-state index contributed by atoms with van der Waals surface area (Å²) in [5.41, 5.74) is 6.82. The number of primary amides is 1. The minimum Gasteiger partial charge on any atom is -0.366 e. The van der Waals surface area contributed by atoms with Crippen molar-refractivity contribution in [2.45, 2.75) is 20.0 Å². The molecular weight excluding hydrogens is 265 g/mol. The van der Waals surface area contributed by atoms with Gasteiger partial charge in [-0.15, -0.1) is 11.3 Å². The van der Waals surface area contributed by atoms with Gasteiger partial charge >= 0.3 is 0 Å². The van der Waals surface area contributed by atoms with Gasteiger partial charge in [0, 0.05) is 29.6 Å². The van der Waals surface area contributed by atoms with E-state index in [0.717, 1.165) is 10.7 Å². The van der Waals surface area contributed by atoms with Crippen LogP contribution in [0, 0.1) is 12.7 Å². The Kier molecular flexibility index (Phi) is 4.24. The van der Waals surface area contributed by atoms with Crippen molar-refractivity contribution >= 4 is 17.2 Å². The molecule has 0 atom stereocenters. The van der Waals surface area contributed by atoms with Crippen molar-refractivity contribution < 1.29 is 9.18 Å². The van der Waals surface area contributed by atoms with Crippen molar-refractivity contribution in [2.75, 3.05) is 0 Å². The summed E-state index contributed by atoms with van der Waals surface area (Å²) in [7, 11) is 0. The highest BCUT2D eigenvalue weighted by atomic mass is 32.1. The number of carbonyl (C=O) groups excluding carboxylic acids is 1. The molecule has 0 spiro atoms. The second-order valence-electron chi connectivity index (χ2n) is 4.13. The number of hydrogen-bond acceptors (Lipinski definition) is 4. The first-order valence-electron chi connectivity index (χ1n) is 5.76. The lowest BCUT2D eigenvalue weighted by atomic mass is 10.1. The number of aromatic nitrogens is 1. The largest absolute Gasteiger partial charge is 0.366 e. The van der Waals surface area contributed by atoms with Crippen molar-refractivity contribution in [2.24, 2.45) is 5.73 Å². The first-order chi connectivity index (χ1) is 9.06. The van der Waals surface area contributed by atoms with Gasteiger partial charge in [-0.05, 0) is 25.1 Å². The fourth-order valence-corrected chi connectivity index (χ4v) is 2.29. The third-order valence-electron chi connectivity index (χ3n) is 2.62. The maximum absolute atomic E-state index is 13.6. The number of thiazole rings is 1. The summed E-state index contributed by atoms with van der Waals surface area (Å²) in [4.78, 5) is 15.3. The number of hydrogen-bond donors (Lipinski definition) is 2. The minimum absolute atomic E-state index is 0.308. The van der Waals surface area contributed by atoms with E-state index in [1.165, 1.54) is 18.2 Å². The van der Waals surface area contributed by atoms with Gasteiger partial charge in [0.2, 0.25) is 5.91 Å². The van der Waals surface area contributed by atoms with E-state index in [1.54, 1.807) is 11.3 Å². The van der Waals surface area contributed by atoms with Crippen LogP contribution in [0.5, 0.6) is 0 Å². The lowest BCUT2D eigenvalue weighted by Gasteiger charge is -2.06. The normalized spacial score (nSPS) is 10.6. The fourth-order valence-electron chi connectivity index (χ4n) is 1.68. The summed E-state index contributed by atoms with van der Waals surface area (Å²) in [6, 6.07) is 4.10. The van der Waals surface area contributed by atoms with E-state index >= 15 is 0 Å². The van der Waals surface area contributed by atoms with Gasteiger partial charge in [0.05, 0.1) is 10.7 Å². The summed E-state index contributed by atoms with van der Waals surface area (Å²) < 4.78 is 13.6. The van der Waals surface area contributed by atoms with Crippen LogP contribution in [0.3, 0.4) is 0 Å². The quantitative estimate of drug-likeness (QED) is 0.879. The molecule has 0 aliphatic heterocycles. The molecule has 0 unspecified atom stereocenters. The summed E-state index contributed by atoms with van der Waals surface area (Å²) in [5.74, 6) is -0.914. The number of aryl methyl sites for hydroxylation is 1. The van der Waals surface area contributed by atoms with Crippen LogP contribution in [0.15, 0.2) is 23.6 Å². The Morgan fingerprint density at radius 2 is 2.26 bits per heavy atom. The van der Waals surface area contributed by atoms with E-state index < -0.39 is 5.91 Å². The van der Waals surface area contributed by atoms with Crippen LogP contribution in [0.4, 0.5) is 4.39 Å². The molecule has 100 valence electrons. The Labute approximate surface area is 114 Å². The van der Waals surface area contributed by atoms with Gasteiger partial charge in [0.15, 0.2) is 0 Å². The van der Waals surface area contributed by atoms with Crippen LogP contribution in [0.1, 0.15) is 26.6 Å². The zero-order valence-corrected chi connectivity index (χ0v) is 11.3. The van der Waals surface area contributed by atoms with Gasteiger partial charge < -0.3 is 11.1 Å². The van der Waals surface area contributed by atoms with Crippen molar-refractivity contribution in [3.8, 4) is 0 Å². The molecule has 0 aliphatic carbocycles. The van der Waals surface area contributed by atoms with E-state index in [9.17, 15) is 9.18 Å². The molecule has 2 aromatic rings. The second kappa shape index (κ2) is 5.90. The molecule has 2 rings (SSSR count). The Bertz CT molecular complexity index is 597. The second-order valence-corrected chi connectivity index (χ2v) is 5.19. The van der Waals surface area contributed by atoms with Crippen LogP contribution < -0.4 is 11.1 Å². The molecule has 1 heterocycles. The molecule has 3 N–H and O–H groups in total. The van der Waals surface area contributed by atoms with Gasteiger partial charge in [0.1, 0.15) is 5.82 Å². The van der Waals surface area contributed by atoms with Crippen LogP contribution in [-0.4, -0.2) is 10.9 Å². The highest BCUT2D eigenvalue weighted by Crippen LogP contribution is 2.11. The van der Waals surface area contributed by atoms with Crippen molar-refractivity contribution in [3.63, 3.8) is 0 Å².